The van der Waals surface area contributed by atoms with Gasteiger partial charge >= 0.3 is 0 Å². The first-order valence-corrected chi connectivity index (χ1v) is 46.9. The van der Waals surface area contributed by atoms with Gasteiger partial charge in [0.2, 0.25) is 0 Å². The van der Waals surface area contributed by atoms with Gasteiger partial charge in [-0.25, -0.2) is 29.9 Å². The zero-order chi connectivity index (χ0) is 79.7. The summed E-state index contributed by atoms with van der Waals surface area (Å²) in [6.07, 6.45) is 5.63. The lowest BCUT2D eigenvalue weighted by atomic mass is 9.91. The van der Waals surface area contributed by atoms with Crippen LogP contribution in [0.4, 0.5) is 0 Å². The number of para-hydroxylation sites is 3. The quantitative estimate of drug-likeness (QED) is 0.0924. The first kappa shape index (κ1) is 72.0. The van der Waals surface area contributed by atoms with Crippen molar-refractivity contribution in [3.63, 3.8) is 0 Å². The van der Waals surface area contributed by atoms with Gasteiger partial charge in [-0.2, -0.15) is 0 Å². The summed E-state index contributed by atoms with van der Waals surface area (Å²) in [5, 5.41) is 9.93. The van der Waals surface area contributed by atoms with Crippen molar-refractivity contribution in [2.24, 2.45) is 0 Å². The second-order valence-corrected chi connectivity index (χ2v) is 40.0. The van der Waals surface area contributed by atoms with E-state index in [4.69, 9.17) is 34.9 Å². The highest BCUT2D eigenvalue weighted by Gasteiger charge is 2.23. The van der Waals surface area contributed by atoms with Crippen LogP contribution in [0.5, 0.6) is 0 Å². The summed E-state index contributed by atoms with van der Waals surface area (Å²) < 4.78 is 19.9. The number of thiazole rings is 6. The molecule has 0 fully saturated rings. The summed E-state index contributed by atoms with van der Waals surface area (Å²) in [7, 11) is -2.47. The molecule has 0 aliphatic carbocycles. The largest absolute Gasteiger partial charge is 0.319 e. The van der Waals surface area contributed by atoms with Crippen LogP contribution >= 0.6 is 75.2 Å². The minimum absolute atomic E-state index is 0.868. The third kappa shape index (κ3) is 13.4. The molecule has 0 saturated carbocycles. The number of aromatic nitrogens is 8. The normalized spacial score (nSPS) is 11.9. The average molecular weight is 1660 g/mol. The van der Waals surface area contributed by atoms with Gasteiger partial charge in [-0.05, 0) is 254 Å². The van der Waals surface area contributed by atoms with Crippen molar-refractivity contribution in [1.82, 2.24) is 39.9 Å². The van der Waals surface area contributed by atoms with Crippen LogP contribution in [0.1, 0.15) is 0 Å². The molecule has 23 rings (SSSR count). The standard InChI is InChI=1S/C104H63N8OPS6/c1-114(2,113)80-20-10-17-65(54-80)63-15-9-16-64(44-63)72-47-76(100-108-87-25-6-8-27-93(87)116-100)52-77(48-72)103-111-91-57-68(35-41-96(91)118-103)69-32-38-88-97(58-69)120-101(109-88)78-49-73(82-37-36-81(70-19-12-42-105-59-70)84-21-3-4-22-85(82)84)50-79(53-78)104-112-90-56-67(34-40-95(90)119-104)66-33-39-94-89(55-66)110-102(117-94)75-46-71(45-74(51-75)99-107-86-24-5-7-26-92(86)115-99)60-28-30-61(31-29-60)83-23-11-14-62-18-13-43-106-98(62)83/h3-59H,1-2H3. The Balaban J connectivity index is 0.577. The van der Waals surface area contributed by atoms with Gasteiger partial charge in [0.25, 0.3) is 0 Å². The molecule has 0 unspecified atom stereocenters. The van der Waals surface area contributed by atoms with Gasteiger partial charge in [0.05, 0.1) is 66.8 Å². The predicted molar refractivity (Wildman–Crippen MR) is 511 cm³/mol. The lowest BCUT2D eigenvalue weighted by Crippen LogP contribution is -2.02. The summed E-state index contributed by atoms with van der Waals surface area (Å²) in [4.78, 5) is 41.4. The summed E-state index contributed by atoms with van der Waals surface area (Å²) in [6, 6.07) is 117. The molecule has 120 heavy (non-hydrogen) atoms. The SMILES string of the molecule is CP(C)(=O)c1cccc(-c2cccc(-c3cc(-c4nc5ccccc5s4)cc(-c4nc5cc(-c6ccc7nc(-c8cc(-c9nc%10cc(-c%11ccc%12sc(-c%13cc(-c%14ccc(-c%15cccc%16cccnc%15%16)cc%14)cc(-c%14nc%15ccccc%15s%14)c%13)nc%12c%11)ccc%10s9)cc(-c9ccc(-c%10cccnc%10)c%10ccccc9%10)c8)sc7c6)ccc5s4)c3)c2)c1. The molecular formula is C104H63N8OPS6. The summed E-state index contributed by atoms with van der Waals surface area (Å²) in [5.41, 5.74) is 30.3. The van der Waals surface area contributed by atoms with E-state index in [0.29, 0.717) is 0 Å². The van der Waals surface area contributed by atoms with Crippen LogP contribution in [0.15, 0.2) is 346 Å². The number of rotatable bonds is 15. The fourth-order valence-electron chi connectivity index (χ4n) is 16.4. The van der Waals surface area contributed by atoms with Crippen LogP contribution in [-0.4, -0.2) is 53.2 Å². The zero-order valence-corrected chi connectivity index (χ0v) is 70.1. The second-order valence-electron chi connectivity index (χ2n) is 30.6. The molecule has 9 nitrogen and oxygen atoms in total. The molecule has 0 atom stereocenters. The molecule has 16 heteroatoms. The molecule has 0 N–H and O–H groups in total. The third-order valence-electron chi connectivity index (χ3n) is 22.5. The van der Waals surface area contributed by atoms with Gasteiger partial charge < -0.3 is 4.57 Å². The molecule has 0 aliphatic heterocycles. The van der Waals surface area contributed by atoms with Crippen molar-refractivity contribution in [3.8, 4) is 152 Å². The highest BCUT2D eigenvalue weighted by atomic mass is 32.1. The maximum absolute atomic E-state index is 13.2. The molecule has 0 radical (unpaired) electrons. The van der Waals surface area contributed by atoms with Crippen molar-refractivity contribution in [1.29, 1.82) is 0 Å². The van der Waals surface area contributed by atoms with Crippen LogP contribution < -0.4 is 5.30 Å². The summed E-state index contributed by atoms with van der Waals surface area (Å²) >= 11 is 10.2. The van der Waals surface area contributed by atoms with Crippen molar-refractivity contribution < 1.29 is 4.57 Å². The van der Waals surface area contributed by atoms with Crippen molar-refractivity contribution in [2.45, 2.75) is 0 Å². The molecule has 0 amide bonds. The second kappa shape index (κ2) is 29.3. The monoisotopic (exact) mass is 1660 g/mol. The third-order valence-corrected chi connectivity index (χ3v) is 30.5. The number of benzene rings is 15. The number of hydrogen-bond donors (Lipinski definition) is 0. The Kier molecular flexibility index (Phi) is 17.6. The molecule has 8 heterocycles. The van der Waals surface area contributed by atoms with E-state index in [1.807, 2.05) is 62.3 Å². The zero-order valence-electron chi connectivity index (χ0n) is 64.3. The first-order valence-electron chi connectivity index (χ1n) is 39.4. The molecule has 8 aromatic heterocycles. The van der Waals surface area contributed by atoms with E-state index in [0.717, 1.165) is 241 Å². The fourth-order valence-corrected chi connectivity index (χ4v) is 23.0. The minimum atomic E-state index is -2.47. The highest BCUT2D eigenvalue weighted by Crippen LogP contribution is 2.48. The number of pyridine rings is 2. The van der Waals surface area contributed by atoms with Crippen LogP contribution in [0.25, 0.3) is 235 Å². The Labute approximate surface area is 713 Å². The number of fused-ring (bicyclic) bond motifs is 8. The number of nitrogens with zero attached hydrogens (tertiary/aromatic N) is 8. The topological polar surface area (TPSA) is 120 Å². The van der Waals surface area contributed by atoms with Crippen LogP contribution in [-0.2, 0) is 4.57 Å². The maximum Gasteiger partial charge on any atom is 0.124 e. The van der Waals surface area contributed by atoms with Gasteiger partial charge in [0, 0.05) is 73.8 Å². The van der Waals surface area contributed by atoms with Crippen LogP contribution in [0.2, 0.25) is 0 Å². The van der Waals surface area contributed by atoms with Crippen molar-refractivity contribution in [2.75, 3.05) is 13.3 Å². The molecule has 0 saturated heterocycles. The van der Waals surface area contributed by atoms with E-state index in [9.17, 15) is 4.57 Å². The minimum Gasteiger partial charge on any atom is -0.319 e. The lowest BCUT2D eigenvalue weighted by Gasteiger charge is -2.14. The Bertz CT molecular complexity index is 8080. The van der Waals surface area contributed by atoms with Gasteiger partial charge in [-0.3, -0.25) is 9.97 Å². The van der Waals surface area contributed by atoms with E-state index in [2.05, 4.69) is 302 Å². The van der Waals surface area contributed by atoms with E-state index in [1.165, 1.54) is 0 Å². The molecule has 0 spiro atoms. The Morgan fingerprint density at radius 1 is 0.233 bits per heavy atom. The summed E-state index contributed by atoms with van der Waals surface area (Å²) in [6.45, 7) is 3.66. The molecule has 15 aromatic carbocycles. The lowest BCUT2D eigenvalue weighted by molar-refractivity contribution is 0.588. The highest BCUT2D eigenvalue weighted by molar-refractivity contribution is 7.70. The van der Waals surface area contributed by atoms with Crippen LogP contribution in [0.3, 0.4) is 0 Å². The molecule has 23 aromatic rings. The van der Waals surface area contributed by atoms with Gasteiger partial charge in [-0.1, -0.05) is 176 Å². The van der Waals surface area contributed by atoms with Crippen LogP contribution in [0, 0.1) is 0 Å². The Morgan fingerprint density at radius 2 is 0.600 bits per heavy atom. The predicted octanol–water partition coefficient (Wildman–Crippen LogP) is 30.0. The first-order chi connectivity index (χ1) is 58.9. The number of hydrogen-bond acceptors (Lipinski definition) is 15. The van der Waals surface area contributed by atoms with E-state index < -0.39 is 7.14 Å². The maximum atomic E-state index is 13.2. The van der Waals surface area contributed by atoms with Gasteiger partial charge in [0.1, 0.15) is 37.2 Å². The van der Waals surface area contributed by atoms with E-state index in [1.54, 1.807) is 68.0 Å². The van der Waals surface area contributed by atoms with Gasteiger partial charge in [-0.15, -0.1) is 68.0 Å². The van der Waals surface area contributed by atoms with Crippen molar-refractivity contribution in [3.05, 3.63) is 346 Å². The Hall–Kier alpha value is -13.3. The summed E-state index contributed by atoms with van der Waals surface area (Å²) in [5.74, 6) is 0. The molecule has 0 bridgehead atoms. The molecule has 566 valence electrons. The van der Waals surface area contributed by atoms with E-state index in [-0.39, 0.29) is 0 Å². The fraction of sp³-hybridized carbons (Fsp3) is 0.0192. The molecule has 0 aliphatic rings. The molecular weight excluding hydrogens is 1600 g/mol. The van der Waals surface area contributed by atoms with Gasteiger partial charge in [0.15, 0.2) is 0 Å². The average Bonchev–Trinajstić information content (AvgIpc) is 1.51. The smallest absolute Gasteiger partial charge is 0.124 e. The van der Waals surface area contributed by atoms with E-state index >= 15 is 0 Å². The van der Waals surface area contributed by atoms with Crippen molar-refractivity contribution >= 4 is 163 Å². The Morgan fingerprint density at radius 3 is 1.12 bits per heavy atom.